The molecule has 102 valence electrons. The summed E-state index contributed by atoms with van der Waals surface area (Å²) in [7, 11) is 1.48. The van der Waals surface area contributed by atoms with Gasteiger partial charge in [0.25, 0.3) is 5.91 Å². The van der Waals surface area contributed by atoms with Crippen molar-refractivity contribution < 1.29 is 23.6 Å². The topological polar surface area (TPSA) is 84.9 Å². The highest BCUT2D eigenvalue weighted by Gasteiger charge is 2.12. The number of benzene rings is 1. The number of hydrogen-bond donors (Lipinski definition) is 2. The van der Waals surface area contributed by atoms with Crippen molar-refractivity contribution in [3.8, 4) is 5.75 Å². The molecular weight excluding hydrogens is 270 g/mol. The number of ether oxygens (including phenoxy) is 1. The maximum Gasteiger partial charge on any atom is 0.518 e. The molecule has 0 bridgehead atoms. The van der Waals surface area contributed by atoms with Gasteiger partial charge in [-0.1, -0.05) is 6.58 Å². The van der Waals surface area contributed by atoms with Gasteiger partial charge >= 0.3 is 6.16 Å². The standard InChI is InChI=1S/C12H13NO5S/c1-7(2)11(14)13-9-5-4-8(17-3)6-10(9)19-18-12(15)16/h4-6H,1H2,2-3H3,(H,13,14)(H,15,16). The third kappa shape index (κ3) is 4.55. The molecule has 19 heavy (non-hydrogen) atoms. The lowest BCUT2D eigenvalue weighted by molar-refractivity contribution is -0.112. The summed E-state index contributed by atoms with van der Waals surface area (Å²) in [6, 6.07) is 4.79. The van der Waals surface area contributed by atoms with Gasteiger partial charge in [-0.3, -0.25) is 4.79 Å². The van der Waals surface area contributed by atoms with E-state index in [1.165, 1.54) is 7.11 Å². The van der Waals surface area contributed by atoms with Gasteiger partial charge in [0.15, 0.2) is 0 Å². The van der Waals surface area contributed by atoms with Crippen molar-refractivity contribution in [3.63, 3.8) is 0 Å². The molecule has 1 rings (SSSR count). The zero-order chi connectivity index (χ0) is 14.4. The number of carbonyl (C=O) groups excluding carboxylic acids is 1. The Morgan fingerprint density at radius 2 is 2.11 bits per heavy atom. The summed E-state index contributed by atoms with van der Waals surface area (Å²) in [5.41, 5.74) is 0.756. The second kappa shape index (κ2) is 6.69. The average Bonchev–Trinajstić information content (AvgIpc) is 2.37. The van der Waals surface area contributed by atoms with Crippen LogP contribution in [0.4, 0.5) is 10.5 Å². The number of rotatable bonds is 5. The highest BCUT2D eigenvalue weighted by atomic mass is 32.2. The van der Waals surface area contributed by atoms with Gasteiger partial charge in [-0.05, 0) is 25.1 Å². The molecular formula is C12H13NO5S. The minimum absolute atomic E-state index is 0.339. The highest BCUT2D eigenvalue weighted by molar-refractivity contribution is 7.95. The van der Waals surface area contributed by atoms with E-state index < -0.39 is 6.16 Å². The van der Waals surface area contributed by atoms with Gasteiger partial charge < -0.3 is 19.3 Å². The molecule has 1 amide bonds. The largest absolute Gasteiger partial charge is 0.518 e. The quantitative estimate of drug-likeness (QED) is 0.638. The van der Waals surface area contributed by atoms with Gasteiger partial charge in [-0.2, -0.15) is 0 Å². The van der Waals surface area contributed by atoms with Crippen LogP contribution >= 0.6 is 12.0 Å². The molecule has 1 aromatic carbocycles. The maximum absolute atomic E-state index is 11.5. The number of carbonyl (C=O) groups is 2. The lowest BCUT2D eigenvalue weighted by Gasteiger charge is -2.11. The Morgan fingerprint density at radius 3 is 2.63 bits per heavy atom. The molecule has 0 saturated heterocycles. The first-order valence-corrected chi connectivity index (χ1v) is 5.90. The van der Waals surface area contributed by atoms with Crippen LogP contribution in [0.25, 0.3) is 0 Å². The Balaban J connectivity index is 2.97. The molecule has 2 N–H and O–H groups in total. The van der Waals surface area contributed by atoms with Crippen LogP contribution in [0.2, 0.25) is 0 Å². The van der Waals surface area contributed by atoms with E-state index >= 15 is 0 Å². The van der Waals surface area contributed by atoms with Gasteiger partial charge in [0.05, 0.1) is 17.7 Å². The molecule has 0 fully saturated rings. The molecule has 6 nitrogen and oxygen atoms in total. The third-order valence-corrected chi connectivity index (χ3v) is 2.77. The zero-order valence-corrected chi connectivity index (χ0v) is 11.2. The Labute approximate surface area is 114 Å². The second-order valence-corrected chi connectivity index (χ2v) is 4.30. The predicted octanol–water partition coefficient (Wildman–Crippen LogP) is 2.91. The number of methoxy groups -OCH3 is 1. The Hall–Kier alpha value is -2.15. The van der Waals surface area contributed by atoms with E-state index in [1.54, 1.807) is 25.1 Å². The monoisotopic (exact) mass is 283 g/mol. The molecule has 0 aromatic heterocycles. The normalized spacial score (nSPS) is 9.58. The summed E-state index contributed by atoms with van der Waals surface area (Å²) in [5, 5.41) is 11.1. The molecule has 0 aliphatic heterocycles. The summed E-state index contributed by atoms with van der Waals surface area (Å²) in [6.07, 6.45) is -1.43. The fourth-order valence-electron chi connectivity index (χ4n) is 1.11. The summed E-state index contributed by atoms with van der Waals surface area (Å²) < 4.78 is 9.44. The molecule has 0 spiro atoms. The smallest absolute Gasteiger partial charge is 0.497 e. The van der Waals surface area contributed by atoms with Gasteiger partial charge in [0.1, 0.15) is 17.8 Å². The van der Waals surface area contributed by atoms with Crippen molar-refractivity contribution in [2.75, 3.05) is 12.4 Å². The molecule has 1 aromatic rings. The lowest BCUT2D eigenvalue weighted by atomic mass is 10.2. The minimum Gasteiger partial charge on any atom is -0.497 e. The van der Waals surface area contributed by atoms with E-state index in [-0.39, 0.29) is 5.91 Å². The zero-order valence-electron chi connectivity index (χ0n) is 10.4. The van der Waals surface area contributed by atoms with Crippen LogP contribution in [0.15, 0.2) is 35.2 Å². The number of hydrogen-bond acceptors (Lipinski definition) is 5. The number of carboxylic acid groups (broad SMARTS) is 1. The predicted molar refractivity (Wildman–Crippen MR) is 71.4 cm³/mol. The van der Waals surface area contributed by atoms with Gasteiger partial charge in [-0.15, -0.1) is 0 Å². The maximum atomic E-state index is 11.5. The minimum atomic E-state index is -1.43. The molecule has 0 radical (unpaired) electrons. The van der Waals surface area contributed by atoms with E-state index in [1.807, 2.05) is 0 Å². The van der Waals surface area contributed by atoms with Crippen molar-refractivity contribution >= 4 is 29.8 Å². The molecule has 0 heterocycles. The molecule has 7 heteroatoms. The Kier molecular flexibility index (Phi) is 5.25. The van der Waals surface area contributed by atoms with Crippen LogP contribution < -0.4 is 10.1 Å². The molecule has 0 unspecified atom stereocenters. The SMILES string of the molecule is C=C(C)C(=O)Nc1ccc(OC)cc1SOC(=O)O. The first-order chi connectivity index (χ1) is 8.93. The van der Waals surface area contributed by atoms with Crippen molar-refractivity contribution in [2.45, 2.75) is 11.8 Å². The van der Waals surface area contributed by atoms with E-state index in [2.05, 4.69) is 16.1 Å². The van der Waals surface area contributed by atoms with Crippen LogP contribution in [-0.4, -0.2) is 24.3 Å². The van der Waals surface area contributed by atoms with E-state index in [9.17, 15) is 9.59 Å². The lowest BCUT2D eigenvalue weighted by Crippen LogP contribution is -2.12. The average molecular weight is 283 g/mol. The summed E-state index contributed by atoms with van der Waals surface area (Å²) in [5.74, 6) is 0.159. The first kappa shape index (κ1) is 14.9. The summed E-state index contributed by atoms with van der Waals surface area (Å²) in [6.45, 7) is 5.09. The van der Waals surface area contributed by atoms with Crippen molar-refractivity contribution in [3.05, 3.63) is 30.4 Å². The van der Waals surface area contributed by atoms with Crippen LogP contribution in [0, 0.1) is 0 Å². The van der Waals surface area contributed by atoms with E-state index in [4.69, 9.17) is 9.84 Å². The van der Waals surface area contributed by atoms with Crippen LogP contribution in [0.3, 0.4) is 0 Å². The fourth-order valence-corrected chi connectivity index (χ4v) is 1.65. The van der Waals surface area contributed by atoms with Crippen molar-refractivity contribution in [2.24, 2.45) is 0 Å². The van der Waals surface area contributed by atoms with Gasteiger partial charge in [-0.25, -0.2) is 4.79 Å². The third-order valence-electron chi connectivity index (χ3n) is 2.03. The van der Waals surface area contributed by atoms with Crippen LogP contribution in [-0.2, 0) is 8.98 Å². The molecule has 0 saturated carbocycles. The first-order valence-electron chi connectivity index (χ1n) is 5.16. The van der Waals surface area contributed by atoms with E-state index in [0.717, 1.165) is 0 Å². The summed E-state index contributed by atoms with van der Waals surface area (Å²) in [4.78, 5) is 22.4. The van der Waals surface area contributed by atoms with Gasteiger partial charge in [0, 0.05) is 5.57 Å². The Bertz CT molecular complexity index is 515. The molecule has 0 aliphatic rings. The second-order valence-electron chi connectivity index (χ2n) is 3.53. The highest BCUT2D eigenvalue weighted by Crippen LogP contribution is 2.32. The van der Waals surface area contributed by atoms with Crippen LogP contribution in [0.5, 0.6) is 5.75 Å². The fraction of sp³-hybridized carbons (Fsp3) is 0.167. The number of anilines is 1. The van der Waals surface area contributed by atoms with E-state index in [0.29, 0.717) is 33.9 Å². The number of amides is 1. The van der Waals surface area contributed by atoms with Crippen molar-refractivity contribution in [1.29, 1.82) is 0 Å². The summed E-state index contributed by atoms with van der Waals surface area (Å²) >= 11 is 0.614. The molecule has 0 aliphatic carbocycles. The molecule has 0 atom stereocenters. The van der Waals surface area contributed by atoms with Gasteiger partial charge in [0.2, 0.25) is 0 Å². The van der Waals surface area contributed by atoms with Crippen molar-refractivity contribution in [1.82, 2.24) is 0 Å². The van der Waals surface area contributed by atoms with Crippen LogP contribution in [0.1, 0.15) is 6.92 Å². The Morgan fingerprint density at radius 1 is 1.42 bits per heavy atom. The number of nitrogens with one attached hydrogen (secondary N) is 1.